The maximum Gasteiger partial charge on any atom is 0.290 e. The lowest BCUT2D eigenvalue weighted by Crippen LogP contribution is -2.47. The van der Waals surface area contributed by atoms with Gasteiger partial charge in [-0.05, 0) is 11.6 Å². The summed E-state index contributed by atoms with van der Waals surface area (Å²) in [6, 6.07) is 9.93. The molecule has 0 radical (unpaired) electrons. The van der Waals surface area contributed by atoms with Crippen LogP contribution in [0.4, 0.5) is 0 Å². The van der Waals surface area contributed by atoms with E-state index < -0.39 is 5.41 Å². The van der Waals surface area contributed by atoms with Crippen LogP contribution in [0.5, 0.6) is 0 Å². The van der Waals surface area contributed by atoms with E-state index in [0.29, 0.717) is 44.8 Å². The maximum absolute atomic E-state index is 13.1. The van der Waals surface area contributed by atoms with E-state index in [1.807, 2.05) is 42.1 Å². The molecule has 3 N–H and O–H groups in total. The lowest BCUT2D eigenvalue weighted by Gasteiger charge is -2.26. The number of aryl methyl sites for hydroxylation is 1. The van der Waals surface area contributed by atoms with Crippen molar-refractivity contribution >= 4 is 18.9 Å². The van der Waals surface area contributed by atoms with Gasteiger partial charge in [0, 0.05) is 58.0 Å². The number of fused-ring (bicyclic) bond motifs is 1. The molecule has 0 saturated carbocycles. The van der Waals surface area contributed by atoms with Crippen LogP contribution in [-0.4, -0.2) is 76.4 Å². The van der Waals surface area contributed by atoms with E-state index in [1.165, 1.54) is 0 Å². The largest absolute Gasteiger partial charge is 0.483 e. The van der Waals surface area contributed by atoms with E-state index in [1.54, 1.807) is 6.20 Å². The van der Waals surface area contributed by atoms with Gasteiger partial charge in [0.2, 0.25) is 5.91 Å². The fraction of sp³-hybridized carbons (Fsp3) is 0.435. The SMILES string of the molecule is Cn1ccnc1CCNC(=O)[C@]12COC[C@H]1CN(Cc1ccccc1C#N)C2.O=CO.O=CO. The van der Waals surface area contributed by atoms with Gasteiger partial charge in [0.25, 0.3) is 12.9 Å². The van der Waals surface area contributed by atoms with Gasteiger partial charge in [-0.3, -0.25) is 19.3 Å². The van der Waals surface area contributed by atoms with Crippen LogP contribution in [-0.2, 0) is 39.1 Å². The molecule has 1 amide bonds. The third-order valence-electron chi connectivity index (χ3n) is 5.98. The molecule has 34 heavy (non-hydrogen) atoms. The highest BCUT2D eigenvalue weighted by atomic mass is 16.5. The van der Waals surface area contributed by atoms with Crippen molar-refractivity contribution in [1.82, 2.24) is 19.8 Å². The number of carbonyl (C=O) groups excluding carboxylic acids is 1. The Bertz CT molecular complexity index is 998. The van der Waals surface area contributed by atoms with Gasteiger partial charge in [-0.2, -0.15) is 5.26 Å². The minimum absolute atomic E-state index is 0.0697. The van der Waals surface area contributed by atoms with Crippen LogP contribution in [0.3, 0.4) is 0 Å². The minimum Gasteiger partial charge on any atom is -0.483 e. The Balaban J connectivity index is 0.000000618. The first-order valence-corrected chi connectivity index (χ1v) is 10.6. The molecule has 0 spiro atoms. The van der Waals surface area contributed by atoms with Gasteiger partial charge >= 0.3 is 0 Å². The number of benzene rings is 1. The van der Waals surface area contributed by atoms with Crippen molar-refractivity contribution in [3.8, 4) is 6.07 Å². The number of nitrogens with zero attached hydrogens (tertiary/aromatic N) is 4. The smallest absolute Gasteiger partial charge is 0.290 e. The number of imidazole rings is 1. The number of likely N-dealkylation sites (tertiary alicyclic amines) is 1. The summed E-state index contributed by atoms with van der Waals surface area (Å²) in [5.41, 5.74) is 1.21. The average molecular weight is 472 g/mol. The summed E-state index contributed by atoms with van der Waals surface area (Å²) >= 11 is 0. The molecule has 11 nitrogen and oxygen atoms in total. The third-order valence-corrected chi connectivity index (χ3v) is 5.98. The molecule has 3 heterocycles. The molecule has 182 valence electrons. The second-order valence-electron chi connectivity index (χ2n) is 7.98. The number of rotatable bonds is 6. The first kappa shape index (κ1) is 26.5. The molecular weight excluding hydrogens is 442 g/mol. The number of hydrogen-bond donors (Lipinski definition) is 3. The number of amides is 1. The van der Waals surface area contributed by atoms with Crippen LogP contribution < -0.4 is 5.32 Å². The fourth-order valence-corrected chi connectivity index (χ4v) is 4.39. The van der Waals surface area contributed by atoms with Crippen LogP contribution in [0, 0.1) is 22.7 Å². The lowest BCUT2D eigenvalue weighted by molar-refractivity contribution is -0.131. The number of carbonyl (C=O) groups is 3. The van der Waals surface area contributed by atoms with Crippen LogP contribution in [0.15, 0.2) is 36.7 Å². The molecule has 0 bridgehead atoms. The van der Waals surface area contributed by atoms with Crippen LogP contribution >= 0.6 is 0 Å². The number of nitriles is 1. The Morgan fingerprint density at radius 1 is 1.35 bits per heavy atom. The zero-order valence-corrected chi connectivity index (χ0v) is 19.0. The molecule has 0 aliphatic carbocycles. The molecule has 2 aliphatic heterocycles. The van der Waals surface area contributed by atoms with Gasteiger partial charge in [-0.1, -0.05) is 18.2 Å². The summed E-state index contributed by atoms with van der Waals surface area (Å²) in [5, 5.41) is 26.2. The highest BCUT2D eigenvalue weighted by Gasteiger charge is 2.55. The van der Waals surface area contributed by atoms with Crippen molar-refractivity contribution in [3.63, 3.8) is 0 Å². The molecule has 2 aromatic rings. The monoisotopic (exact) mass is 471 g/mol. The number of ether oxygens (including phenoxy) is 1. The molecule has 1 aromatic heterocycles. The highest BCUT2D eigenvalue weighted by Crippen LogP contribution is 2.42. The summed E-state index contributed by atoms with van der Waals surface area (Å²) in [4.78, 5) is 36.4. The summed E-state index contributed by atoms with van der Waals surface area (Å²) in [6.07, 6.45) is 4.38. The Labute approximate surface area is 197 Å². The quantitative estimate of drug-likeness (QED) is 0.510. The van der Waals surface area contributed by atoms with E-state index in [-0.39, 0.29) is 24.8 Å². The van der Waals surface area contributed by atoms with Gasteiger partial charge < -0.3 is 24.8 Å². The molecule has 2 fully saturated rings. The molecule has 0 unspecified atom stereocenters. The van der Waals surface area contributed by atoms with Crippen molar-refractivity contribution in [2.24, 2.45) is 18.4 Å². The van der Waals surface area contributed by atoms with Gasteiger partial charge in [0.1, 0.15) is 5.82 Å². The zero-order chi connectivity index (χ0) is 25.0. The van der Waals surface area contributed by atoms with Crippen molar-refractivity contribution in [3.05, 3.63) is 53.6 Å². The Kier molecular flexibility index (Phi) is 10.2. The Hall–Kier alpha value is -3.75. The molecule has 4 rings (SSSR count). The number of hydrogen-bond acceptors (Lipinski definition) is 7. The van der Waals surface area contributed by atoms with Crippen molar-refractivity contribution in [2.75, 3.05) is 32.8 Å². The second kappa shape index (κ2) is 13.1. The van der Waals surface area contributed by atoms with Crippen molar-refractivity contribution in [1.29, 1.82) is 5.26 Å². The Morgan fingerprint density at radius 3 is 2.71 bits per heavy atom. The van der Waals surface area contributed by atoms with Gasteiger partial charge in [-0.15, -0.1) is 0 Å². The van der Waals surface area contributed by atoms with Crippen LogP contribution in [0.2, 0.25) is 0 Å². The zero-order valence-electron chi connectivity index (χ0n) is 19.0. The molecule has 2 atom stereocenters. The predicted molar refractivity (Wildman–Crippen MR) is 120 cm³/mol. The van der Waals surface area contributed by atoms with E-state index in [9.17, 15) is 10.1 Å². The van der Waals surface area contributed by atoms with Crippen molar-refractivity contribution < 1.29 is 29.3 Å². The van der Waals surface area contributed by atoms with Gasteiger partial charge in [0.05, 0.1) is 30.3 Å². The summed E-state index contributed by atoms with van der Waals surface area (Å²) in [6.45, 7) is 3.29. The van der Waals surface area contributed by atoms with E-state index >= 15 is 0 Å². The van der Waals surface area contributed by atoms with E-state index in [0.717, 1.165) is 17.9 Å². The first-order valence-electron chi connectivity index (χ1n) is 10.6. The first-order chi connectivity index (χ1) is 16.4. The molecule has 2 aliphatic rings. The van der Waals surface area contributed by atoms with Crippen LogP contribution in [0.25, 0.3) is 0 Å². The van der Waals surface area contributed by atoms with E-state index in [4.69, 9.17) is 24.5 Å². The van der Waals surface area contributed by atoms with Crippen LogP contribution in [0.1, 0.15) is 17.0 Å². The van der Waals surface area contributed by atoms with Gasteiger partial charge in [-0.25, -0.2) is 4.98 Å². The fourth-order valence-electron chi connectivity index (χ4n) is 4.39. The summed E-state index contributed by atoms with van der Waals surface area (Å²) < 4.78 is 7.66. The molecule has 2 saturated heterocycles. The molecular formula is C23H29N5O6. The molecule has 11 heteroatoms. The normalized spacial score (nSPS) is 20.5. The highest BCUT2D eigenvalue weighted by molar-refractivity contribution is 5.84. The topological polar surface area (TPSA) is 158 Å². The second-order valence-corrected chi connectivity index (χ2v) is 7.98. The number of aromatic nitrogens is 2. The average Bonchev–Trinajstić information content (AvgIpc) is 3.50. The third kappa shape index (κ3) is 6.40. The summed E-state index contributed by atoms with van der Waals surface area (Å²) in [5.74, 6) is 1.22. The summed E-state index contributed by atoms with van der Waals surface area (Å²) in [7, 11) is 1.96. The Morgan fingerprint density at radius 2 is 2.06 bits per heavy atom. The lowest BCUT2D eigenvalue weighted by atomic mass is 9.80. The number of nitrogens with one attached hydrogen (secondary N) is 1. The van der Waals surface area contributed by atoms with Gasteiger partial charge in [0.15, 0.2) is 0 Å². The van der Waals surface area contributed by atoms with Crippen molar-refractivity contribution in [2.45, 2.75) is 13.0 Å². The predicted octanol–water partition coefficient (Wildman–Crippen LogP) is 0.501. The van der Waals surface area contributed by atoms with E-state index in [2.05, 4.69) is 21.3 Å². The molecule has 1 aromatic carbocycles. The number of carboxylic acid groups (broad SMARTS) is 2. The minimum atomic E-state index is -0.497. The standard InChI is InChI=1S/C21H25N5O2.2CH2O2/c1-25-9-8-23-19(25)6-7-24-20(27)21-14-26(12-18(21)13-28-15-21)11-17-5-3-2-4-16(17)10-22;2*2-1-3/h2-5,8-9,18H,6-7,11-15H2,1H3,(H,24,27);2*1H,(H,2,3)/t18-,21-;;/m1../s1. The maximum atomic E-state index is 13.1.